The molecule has 2 N–H and O–H groups in total. The maximum atomic E-state index is 13.1. The molecule has 5 atom stereocenters. The minimum absolute atomic E-state index is 0.0696. The van der Waals surface area contributed by atoms with Gasteiger partial charge in [0.15, 0.2) is 0 Å². The summed E-state index contributed by atoms with van der Waals surface area (Å²) in [4.78, 5) is 15.3. The second kappa shape index (κ2) is 11.5. The number of nitrogens with one attached hydrogen (secondary N) is 1. The molecule has 2 aliphatic heterocycles. The average Bonchev–Trinajstić information content (AvgIpc) is 3.05. The van der Waals surface area contributed by atoms with Crippen LogP contribution >= 0.6 is 11.6 Å². The summed E-state index contributed by atoms with van der Waals surface area (Å²) in [7, 11) is -3.90. The molecule has 39 heavy (non-hydrogen) atoms. The van der Waals surface area contributed by atoms with Crippen LogP contribution < -0.4 is 14.4 Å². The van der Waals surface area contributed by atoms with Crippen LogP contribution in [0.1, 0.15) is 66.9 Å². The van der Waals surface area contributed by atoms with Crippen molar-refractivity contribution in [2.45, 2.75) is 63.2 Å². The van der Waals surface area contributed by atoms with Crippen LogP contribution in [0.3, 0.4) is 0 Å². The Kier molecular flexibility index (Phi) is 8.26. The van der Waals surface area contributed by atoms with E-state index in [1.165, 1.54) is 11.1 Å². The van der Waals surface area contributed by atoms with Gasteiger partial charge in [0.05, 0.1) is 23.6 Å². The minimum Gasteiger partial charge on any atom is -0.491 e. The number of benzene rings is 2. The maximum absolute atomic E-state index is 13.1. The van der Waals surface area contributed by atoms with Gasteiger partial charge in [-0.2, -0.15) is 0 Å². The molecule has 0 aromatic heterocycles. The maximum Gasteiger partial charge on any atom is 0.264 e. The number of carbonyl (C=O) groups excluding carboxylic acids is 1. The lowest BCUT2D eigenvalue weighted by Gasteiger charge is -2.42. The summed E-state index contributed by atoms with van der Waals surface area (Å²) in [6.07, 6.45) is 6.84. The van der Waals surface area contributed by atoms with Crippen LogP contribution in [0.25, 0.3) is 0 Å². The van der Waals surface area contributed by atoms with Gasteiger partial charge in [-0.05, 0) is 85.9 Å². The van der Waals surface area contributed by atoms with E-state index < -0.39 is 27.3 Å². The predicted octanol–water partition coefficient (Wildman–Crippen LogP) is 5.07. The number of rotatable bonds is 3. The monoisotopic (exact) mass is 572 g/mol. The molecule has 3 aliphatic rings. The highest BCUT2D eigenvalue weighted by atomic mass is 35.5. The van der Waals surface area contributed by atoms with E-state index in [9.17, 15) is 18.3 Å². The number of halogens is 1. The number of hydrogen-bond donors (Lipinski definition) is 2. The van der Waals surface area contributed by atoms with Crippen molar-refractivity contribution in [3.8, 4) is 5.75 Å². The van der Waals surface area contributed by atoms with Crippen molar-refractivity contribution < 1.29 is 23.1 Å². The Morgan fingerprint density at radius 3 is 2.72 bits per heavy atom. The fourth-order valence-corrected chi connectivity index (χ4v) is 7.11. The van der Waals surface area contributed by atoms with Crippen molar-refractivity contribution in [2.75, 3.05) is 24.6 Å². The Labute approximate surface area is 236 Å². The number of nitrogens with zero attached hydrogens (tertiary/aromatic N) is 1. The van der Waals surface area contributed by atoms with Crippen LogP contribution in [0.2, 0.25) is 5.02 Å². The van der Waals surface area contributed by atoms with Crippen molar-refractivity contribution in [3.63, 3.8) is 0 Å². The molecule has 1 saturated carbocycles. The minimum atomic E-state index is -3.90. The zero-order valence-corrected chi connectivity index (χ0v) is 24.0. The first kappa shape index (κ1) is 28.0. The number of sulfonamides is 1. The molecule has 4 unspecified atom stereocenters. The van der Waals surface area contributed by atoms with Crippen LogP contribution in [-0.4, -0.2) is 50.5 Å². The number of anilines is 1. The topological polar surface area (TPSA) is 95.9 Å². The predicted molar refractivity (Wildman–Crippen MR) is 154 cm³/mol. The third kappa shape index (κ3) is 5.98. The van der Waals surface area contributed by atoms with Crippen molar-refractivity contribution in [1.29, 1.82) is 0 Å². The van der Waals surface area contributed by atoms with E-state index in [1.807, 2.05) is 12.1 Å². The highest BCUT2D eigenvalue weighted by molar-refractivity contribution is 7.90. The van der Waals surface area contributed by atoms with Crippen LogP contribution in [0.4, 0.5) is 5.69 Å². The number of hydrogen-bond acceptors (Lipinski definition) is 6. The highest BCUT2D eigenvalue weighted by Gasteiger charge is 2.38. The molecule has 0 radical (unpaired) electrons. The molecule has 210 valence electrons. The third-order valence-corrected chi connectivity index (χ3v) is 10.4. The van der Waals surface area contributed by atoms with Gasteiger partial charge >= 0.3 is 0 Å². The van der Waals surface area contributed by atoms with E-state index in [1.54, 1.807) is 37.3 Å². The van der Waals surface area contributed by atoms with Crippen molar-refractivity contribution in [3.05, 3.63) is 70.3 Å². The Bertz CT molecular complexity index is 1360. The Hall–Kier alpha value is -2.55. The Morgan fingerprint density at radius 2 is 1.97 bits per heavy atom. The number of aliphatic hydroxyl groups excluding tert-OH is 1. The van der Waals surface area contributed by atoms with Gasteiger partial charge in [-0.1, -0.05) is 43.2 Å². The number of amides is 1. The molecule has 0 spiro atoms. The second-order valence-electron chi connectivity index (χ2n) is 11.1. The van der Waals surface area contributed by atoms with Gasteiger partial charge < -0.3 is 14.7 Å². The number of ether oxygens (including phenoxy) is 1. The number of allylic oxidation sites excluding steroid dienone is 1. The molecule has 1 amide bonds. The van der Waals surface area contributed by atoms with Gasteiger partial charge in [-0.3, -0.25) is 4.79 Å². The van der Waals surface area contributed by atoms with E-state index >= 15 is 0 Å². The van der Waals surface area contributed by atoms with Crippen molar-refractivity contribution >= 4 is 33.2 Å². The molecule has 7 nitrogen and oxygen atoms in total. The second-order valence-corrected chi connectivity index (χ2v) is 13.7. The molecule has 0 saturated heterocycles. The molecule has 5 rings (SSSR count). The average molecular weight is 573 g/mol. The standard InChI is InChI=1S/C30H37ClN2O5S/c1-3-5-20-14-24(31)10-12-25(20)23-17-33-16-22-8-11-26(22)28(34)7-4-6-19(2)39(36,37)32-30(35)21-9-13-29(38-18-23)27(33)15-21/h4,7,9-10,12-15,19,22-23,26,28,34H,3,5-6,8,11,16-18H2,1-2H3,(H,32,35)/b7-4+/t19-,22?,23?,26?,28?/m1/s1. The first-order valence-corrected chi connectivity index (χ1v) is 15.8. The summed E-state index contributed by atoms with van der Waals surface area (Å²) in [6.45, 7) is 5.56. The summed E-state index contributed by atoms with van der Waals surface area (Å²) in [5, 5.41) is 10.8. The lowest BCUT2D eigenvalue weighted by atomic mass is 9.70. The molecule has 2 aromatic carbocycles. The highest BCUT2D eigenvalue weighted by Crippen LogP contribution is 2.42. The summed E-state index contributed by atoms with van der Waals surface area (Å²) < 4.78 is 34.3. The lowest BCUT2D eigenvalue weighted by molar-refractivity contribution is 0.0461. The summed E-state index contributed by atoms with van der Waals surface area (Å²) >= 11 is 6.35. The molecule has 1 fully saturated rings. The molecule has 1 aliphatic carbocycles. The number of aryl methyl sites for hydroxylation is 1. The molecular weight excluding hydrogens is 536 g/mol. The van der Waals surface area contributed by atoms with E-state index in [0.29, 0.717) is 30.5 Å². The smallest absolute Gasteiger partial charge is 0.264 e. The first-order valence-electron chi connectivity index (χ1n) is 13.9. The molecular formula is C30H37ClN2O5S. The molecule has 2 aromatic rings. The summed E-state index contributed by atoms with van der Waals surface area (Å²) in [6, 6.07) is 11.2. The van der Waals surface area contributed by atoms with E-state index in [4.69, 9.17) is 16.3 Å². The summed E-state index contributed by atoms with van der Waals surface area (Å²) in [5.74, 6) is 0.435. The number of aliphatic hydroxyl groups is 1. The van der Waals surface area contributed by atoms with Gasteiger partial charge in [0, 0.05) is 29.6 Å². The van der Waals surface area contributed by atoms with Gasteiger partial charge in [0.25, 0.3) is 5.91 Å². The van der Waals surface area contributed by atoms with Crippen molar-refractivity contribution in [1.82, 2.24) is 4.72 Å². The Balaban J connectivity index is 1.55. The molecule has 2 bridgehead atoms. The fraction of sp³-hybridized carbons (Fsp3) is 0.500. The quantitative estimate of drug-likeness (QED) is 0.499. The third-order valence-electron chi connectivity index (χ3n) is 8.44. The molecule has 2 heterocycles. The zero-order chi connectivity index (χ0) is 27.7. The van der Waals surface area contributed by atoms with Gasteiger partial charge in [-0.25, -0.2) is 13.1 Å². The van der Waals surface area contributed by atoms with E-state index in [-0.39, 0.29) is 29.7 Å². The number of fused-ring (bicyclic) bond motifs is 2. The van der Waals surface area contributed by atoms with Crippen LogP contribution in [-0.2, 0) is 16.4 Å². The lowest BCUT2D eigenvalue weighted by Crippen LogP contribution is -2.44. The zero-order valence-electron chi connectivity index (χ0n) is 22.5. The van der Waals surface area contributed by atoms with Crippen LogP contribution in [0.5, 0.6) is 5.75 Å². The van der Waals surface area contributed by atoms with E-state index in [0.717, 1.165) is 31.4 Å². The largest absolute Gasteiger partial charge is 0.491 e. The van der Waals surface area contributed by atoms with Crippen LogP contribution in [0.15, 0.2) is 48.6 Å². The SMILES string of the molecule is CCCc1cc(Cl)ccc1C1COc2ccc3cc2N(C1)CC1CCC1C(O)/C=C/C[C@@H](C)S(=O)(=O)NC3=O. The Morgan fingerprint density at radius 1 is 1.15 bits per heavy atom. The van der Waals surface area contributed by atoms with E-state index in [2.05, 4.69) is 22.6 Å². The fourth-order valence-electron chi connectivity index (χ4n) is 5.98. The normalized spacial score (nSPS) is 29.4. The van der Waals surface area contributed by atoms with Crippen LogP contribution in [0, 0.1) is 11.8 Å². The van der Waals surface area contributed by atoms with Gasteiger partial charge in [0.1, 0.15) is 5.75 Å². The summed E-state index contributed by atoms with van der Waals surface area (Å²) in [5.41, 5.74) is 3.46. The van der Waals surface area contributed by atoms with Gasteiger partial charge in [0.2, 0.25) is 10.0 Å². The van der Waals surface area contributed by atoms with Gasteiger partial charge in [-0.15, -0.1) is 0 Å². The molecule has 9 heteroatoms. The number of carbonyl (C=O) groups is 1. The first-order chi connectivity index (χ1) is 18.7. The van der Waals surface area contributed by atoms with Crippen molar-refractivity contribution in [2.24, 2.45) is 11.8 Å².